The highest BCUT2D eigenvalue weighted by molar-refractivity contribution is 5.83. The summed E-state index contributed by atoms with van der Waals surface area (Å²) >= 11 is 0. The Bertz CT molecular complexity index is 641. The fourth-order valence-corrected chi connectivity index (χ4v) is 1.60. The number of hydrazone groups is 1. The van der Waals surface area contributed by atoms with E-state index in [1.54, 1.807) is 6.21 Å². The summed E-state index contributed by atoms with van der Waals surface area (Å²) in [6, 6.07) is 10.3. The molecule has 0 saturated heterocycles. The van der Waals surface area contributed by atoms with E-state index >= 15 is 0 Å². The quantitative estimate of drug-likeness (QED) is 0.501. The van der Waals surface area contributed by atoms with Crippen LogP contribution in [-0.2, 0) is 0 Å². The summed E-state index contributed by atoms with van der Waals surface area (Å²) in [5.41, 5.74) is 3.47. The van der Waals surface area contributed by atoms with Crippen molar-refractivity contribution in [3.63, 3.8) is 0 Å². The Morgan fingerprint density at radius 2 is 2.19 bits per heavy atom. The van der Waals surface area contributed by atoms with Crippen molar-refractivity contribution in [2.45, 2.75) is 6.92 Å². The number of nitrogens with one attached hydrogen (secondary N) is 1. The van der Waals surface area contributed by atoms with Crippen LogP contribution < -0.4 is 10.2 Å². The zero-order valence-electron chi connectivity index (χ0n) is 11.4. The number of ether oxygens (including phenoxy) is 1. The first-order valence-electron chi connectivity index (χ1n) is 6.32. The molecule has 1 N–H and O–H groups in total. The van der Waals surface area contributed by atoms with Gasteiger partial charge in [0.2, 0.25) is 0 Å². The maximum absolute atomic E-state index is 10.5. The number of hydrogen-bond acceptors (Lipinski definition) is 6. The largest absolute Gasteiger partial charge is 0.493 e. The van der Waals surface area contributed by atoms with Gasteiger partial charge in [-0.15, -0.1) is 0 Å². The molecule has 7 heteroatoms. The summed E-state index contributed by atoms with van der Waals surface area (Å²) in [4.78, 5) is 13.9. The average Bonchev–Trinajstić information content (AvgIpc) is 2.50. The molecule has 0 unspecified atom stereocenters. The Balaban J connectivity index is 2.03. The lowest BCUT2D eigenvalue weighted by atomic mass is 10.2. The van der Waals surface area contributed by atoms with Crippen molar-refractivity contribution in [1.29, 1.82) is 0 Å². The summed E-state index contributed by atoms with van der Waals surface area (Å²) in [5.74, 6) is 1.16. The summed E-state index contributed by atoms with van der Waals surface area (Å²) in [5, 5.41) is 14.6. The molecule has 0 atom stereocenters. The van der Waals surface area contributed by atoms with Crippen LogP contribution in [0.5, 0.6) is 5.75 Å². The van der Waals surface area contributed by atoms with Crippen molar-refractivity contribution in [3.05, 3.63) is 58.3 Å². The summed E-state index contributed by atoms with van der Waals surface area (Å²) in [6.45, 7) is 2.48. The van der Waals surface area contributed by atoms with E-state index in [1.807, 2.05) is 31.2 Å². The maximum Gasteiger partial charge on any atom is 0.287 e. The van der Waals surface area contributed by atoms with E-state index in [4.69, 9.17) is 4.74 Å². The van der Waals surface area contributed by atoms with Gasteiger partial charge in [0, 0.05) is 11.6 Å². The molecule has 0 aliphatic carbocycles. The summed E-state index contributed by atoms with van der Waals surface area (Å²) < 4.78 is 5.47. The van der Waals surface area contributed by atoms with Crippen LogP contribution in [-0.4, -0.2) is 22.7 Å². The minimum Gasteiger partial charge on any atom is -0.493 e. The number of nitro groups is 1. The van der Waals surface area contributed by atoms with Crippen LogP contribution in [0.4, 0.5) is 11.5 Å². The van der Waals surface area contributed by atoms with E-state index in [9.17, 15) is 10.1 Å². The molecule has 1 aromatic heterocycles. The van der Waals surface area contributed by atoms with Gasteiger partial charge >= 0.3 is 0 Å². The number of benzene rings is 1. The molecule has 0 fully saturated rings. The highest BCUT2D eigenvalue weighted by atomic mass is 16.6. The lowest BCUT2D eigenvalue weighted by molar-refractivity contribution is -0.385. The van der Waals surface area contributed by atoms with Crippen molar-refractivity contribution >= 4 is 17.7 Å². The Hall–Kier alpha value is -2.96. The number of nitrogens with zero attached hydrogens (tertiary/aromatic N) is 3. The van der Waals surface area contributed by atoms with Gasteiger partial charge in [0.1, 0.15) is 17.8 Å². The third-order valence-corrected chi connectivity index (χ3v) is 2.56. The van der Waals surface area contributed by atoms with Crippen LogP contribution in [0.2, 0.25) is 0 Å². The Labute approximate surface area is 121 Å². The van der Waals surface area contributed by atoms with Crippen LogP contribution in [0.1, 0.15) is 12.5 Å². The second-order valence-corrected chi connectivity index (χ2v) is 4.00. The van der Waals surface area contributed by atoms with Gasteiger partial charge in [-0.1, -0.05) is 12.1 Å². The Kier molecular flexibility index (Phi) is 4.81. The van der Waals surface area contributed by atoms with Crippen molar-refractivity contribution < 1.29 is 9.66 Å². The second-order valence-electron chi connectivity index (χ2n) is 4.00. The highest BCUT2D eigenvalue weighted by Gasteiger charge is 2.04. The molecule has 0 saturated carbocycles. The number of pyridine rings is 1. The molecule has 0 bridgehead atoms. The summed E-state index contributed by atoms with van der Waals surface area (Å²) in [7, 11) is 0. The van der Waals surface area contributed by atoms with Crippen LogP contribution in [0.3, 0.4) is 0 Å². The molecule has 0 aliphatic heterocycles. The van der Waals surface area contributed by atoms with Gasteiger partial charge in [-0.25, -0.2) is 4.98 Å². The van der Waals surface area contributed by atoms with Gasteiger partial charge in [-0.3, -0.25) is 15.5 Å². The first-order valence-corrected chi connectivity index (χ1v) is 6.32. The zero-order chi connectivity index (χ0) is 15.1. The molecule has 1 aromatic carbocycles. The van der Waals surface area contributed by atoms with Gasteiger partial charge in [0.05, 0.1) is 17.7 Å². The fourth-order valence-electron chi connectivity index (χ4n) is 1.60. The van der Waals surface area contributed by atoms with E-state index in [-0.39, 0.29) is 5.69 Å². The number of para-hydroxylation sites is 1. The van der Waals surface area contributed by atoms with Crippen molar-refractivity contribution in [3.8, 4) is 5.75 Å². The molecule has 21 heavy (non-hydrogen) atoms. The minimum absolute atomic E-state index is 0.0637. The maximum atomic E-state index is 10.5. The van der Waals surface area contributed by atoms with Gasteiger partial charge in [-0.05, 0) is 25.1 Å². The third-order valence-electron chi connectivity index (χ3n) is 2.56. The molecule has 2 aromatic rings. The van der Waals surface area contributed by atoms with Crippen molar-refractivity contribution in [2.75, 3.05) is 12.0 Å². The molecular formula is C14H14N4O3. The average molecular weight is 286 g/mol. The monoisotopic (exact) mass is 286 g/mol. The lowest BCUT2D eigenvalue weighted by Gasteiger charge is -2.05. The molecular weight excluding hydrogens is 272 g/mol. The molecule has 108 valence electrons. The van der Waals surface area contributed by atoms with Crippen molar-refractivity contribution in [2.24, 2.45) is 5.10 Å². The SMILES string of the molecule is CCOc1ccccc1/C=N/Nc1ccc([N+](=O)[O-])cn1. The topological polar surface area (TPSA) is 89.6 Å². The third kappa shape index (κ3) is 4.00. The molecule has 7 nitrogen and oxygen atoms in total. The van der Waals surface area contributed by atoms with Gasteiger partial charge in [-0.2, -0.15) is 5.10 Å². The predicted molar refractivity (Wildman–Crippen MR) is 79.7 cm³/mol. The van der Waals surface area contributed by atoms with E-state index < -0.39 is 4.92 Å². The van der Waals surface area contributed by atoms with Gasteiger partial charge < -0.3 is 4.74 Å². The molecule has 0 radical (unpaired) electrons. The van der Waals surface area contributed by atoms with E-state index in [2.05, 4.69) is 15.5 Å². The lowest BCUT2D eigenvalue weighted by Crippen LogP contribution is -1.98. The number of anilines is 1. The van der Waals surface area contributed by atoms with E-state index in [0.717, 1.165) is 11.3 Å². The van der Waals surface area contributed by atoms with Gasteiger partial charge in [0.15, 0.2) is 0 Å². The van der Waals surface area contributed by atoms with Crippen LogP contribution in [0.25, 0.3) is 0 Å². The minimum atomic E-state index is -0.502. The first kappa shape index (κ1) is 14.4. The molecule has 2 rings (SSSR count). The standard InChI is InChI=1S/C14H14N4O3/c1-2-21-13-6-4-3-5-11(13)9-16-17-14-8-7-12(10-15-14)18(19)20/h3-10H,2H2,1H3,(H,15,17)/b16-9+. The normalized spacial score (nSPS) is 10.5. The van der Waals surface area contributed by atoms with Crippen LogP contribution in [0, 0.1) is 10.1 Å². The first-order chi connectivity index (χ1) is 10.2. The highest BCUT2D eigenvalue weighted by Crippen LogP contribution is 2.16. The zero-order valence-corrected chi connectivity index (χ0v) is 11.4. The van der Waals surface area contributed by atoms with E-state index in [1.165, 1.54) is 18.3 Å². The summed E-state index contributed by atoms with van der Waals surface area (Å²) in [6.07, 6.45) is 2.78. The Morgan fingerprint density at radius 1 is 1.38 bits per heavy atom. The second kappa shape index (κ2) is 6.99. The molecule has 0 amide bonds. The Morgan fingerprint density at radius 3 is 2.86 bits per heavy atom. The van der Waals surface area contributed by atoms with Crippen LogP contribution in [0.15, 0.2) is 47.7 Å². The molecule has 0 spiro atoms. The number of hydrogen-bond donors (Lipinski definition) is 1. The van der Waals surface area contributed by atoms with Gasteiger partial charge in [0.25, 0.3) is 5.69 Å². The van der Waals surface area contributed by atoms with E-state index in [0.29, 0.717) is 12.4 Å². The predicted octanol–water partition coefficient (Wildman–Crippen LogP) is 2.83. The molecule has 0 aliphatic rings. The van der Waals surface area contributed by atoms with Crippen LogP contribution >= 0.6 is 0 Å². The number of aromatic nitrogens is 1. The fraction of sp³-hybridized carbons (Fsp3) is 0.143. The van der Waals surface area contributed by atoms with Crippen molar-refractivity contribution in [1.82, 2.24) is 4.98 Å². The smallest absolute Gasteiger partial charge is 0.287 e. The number of rotatable bonds is 6. The molecule has 1 heterocycles.